The van der Waals surface area contributed by atoms with Crippen molar-refractivity contribution >= 4 is 12.0 Å². The number of carbonyl (C=O) groups is 1. The molecule has 0 aliphatic carbocycles. The van der Waals surface area contributed by atoms with Crippen molar-refractivity contribution in [3.8, 4) is 0 Å². The van der Waals surface area contributed by atoms with Crippen LogP contribution in [0.3, 0.4) is 0 Å². The smallest absolute Gasteiger partial charge is 0.305 e. The molecule has 1 fully saturated rings. The van der Waals surface area contributed by atoms with Gasteiger partial charge in [-0.3, -0.25) is 4.79 Å². The Balaban J connectivity index is 1.99. The lowest BCUT2D eigenvalue weighted by atomic mass is 10.0. The topological polar surface area (TPSA) is 70.5 Å². The van der Waals surface area contributed by atoms with E-state index < -0.39 is 5.79 Å². The van der Waals surface area contributed by atoms with Crippen molar-refractivity contribution in [2.45, 2.75) is 90.1 Å². The van der Waals surface area contributed by atoms with E-state index in [-0.39, 0.29) is 18.2 Å². The number of rotatable bonds is 11. The van der Waals surface area contributed by atoms with E-state index >= 15 is 0 Å². The molecule has 156 valence electrons. The van der Waals surface area contributed by atoms with E-state index in [1.165, 1.54) is 26.4 Å². The number of aryl methyl sites for hydroxylation is 1. The number of unbranched alkanes of at least 4 members (excludes halogenated alkanes) is 3. The van der Waals surface area contributed by atoms with E-state index in [0.29, 0.717) is 12.8 Å². The van der Waals surface area contributed by atoms with Gasteiger partial charge in [0, 0.05) is 18.2 Å². The fourth-order valence-electron chi connectivity index (χ4n) is 3.43. The van der Waals surface area contributed by atoms with Crippen LogP contribution in [0.4, 0.5) is 0 Å². The fraction of sp³-hybridized carbons (Fsp3) is 0.682. The zero-order chi connectivity index (χ0) is 20.4. The maximum Gasteiger partial charge on any atom is 0.305 e. The first-order valence-corrected chi connectivity index (χ1v) is 10.3. The van der Waals surface area contributed by atoms with Gasteiger partial charge in [0.15, 0.2) is 5.79 Å². The highest BCUT2D eigenvalue weighted by Gasteiger charge is 2.39. The Labute approximate surface area is 168 Å². The number of nitrogens with zero attached hydrogens (tertiary/aromatic N) is 2. The molecule has 1 aliphatic rings. The molecule has 0 spiro atoms. The molecular formula is C22H34N2O4. The van der Waals surface area contributed by atoms with E-state index in [2.05, 4.69) is 16.9 Å². The molecule has 0 unspecified atom stereocenters. The number of aromatic nitrogens is 2. The van der Waals surface area contributed by atoms with Gasteiger partial charge in [-0.05, 0) is 39.5 Å². The highest BCUT2D eigenvalue weighted by molar-refractivity contribution is 5.69. The van der Waals surface area contributed by atoms with Crippen molar-refractivity contribution in [2.75, 3.05) is 7.11 Å². The quantitative estimate of drug-likeness (QED) is 0.410. The molecule has 0 bridgehead atoms. The summed E-state index contributed by atoms with van der Waals surface area (Å²) < 4.78 is 16.8. The number of methoxy groups -OCH3 is 1. The van der Waals surface area contributed by atoms with Crippen LogP contribution in [-0.4, -0.2) is 41.0 Å². The monoisotopic (exact) mass is 390 g/mol. The standard InChI is InChI=1S/C22H34N2O4/c1-5-6-7-8-10-18-17(15-23-16-24-18)13-14-20-19(27-22(2,3)28-20)11-9-12-21(25)26-4/h13-16,19-20H,5-12H2,1-4H3/b14-13+/t19-,20+/m0/s1. The van der Waals surface area contributed by atoms with E-state index in [1.54, 1.807) is 6.33 Å². The maximum absolute atomic E-state index is 11.3. The lowest BCUT2D eigenvalue weighted by Crippen LogP contribution is -2.21. The largest absolute Gasteiger partial charge is 0.469 e. The van der Waals surface area contributed by atoms with Gasteiger partial charge in [-0.25, -0.2) is 9.97 Å². The third-order valence-electron chi connectivity index (χ3n) is 4.88. The van der Waals surface area contributed by atoms with Crippen molar-refractivity contribution in [3.05, 3.63) is 29.9 Å². The zero-order valence-corrected chi connectivity index (χ0v) is 17.6. The first-order chi connectivity index (χ1) is 13.4. The number of hydrogen-bond acceptors (Lipinski definition) is 6. The molecule has 0 saturated carbocycles. The Hall–Kier alpha value is -1.79. The molecule has 6 heteroatoms. The van der Waals surface area contributed by atoms with E-state index in [9.17, 15) is 4.79 Å². The van der Waals surface area contributed by atoms with Crippen LogP contribution in [0.5, 0.6) is 0 Å². The van der Waals surface area contributed by atoms with Crippen LogP contribution in [0, 0.1) is 0 Å². The number of esters is 1. The highest BCUT2D eigenvalue weighted by Crippen LogP contribution is 2.32. The summed E-state index contributed by atoms with van der Waals surface area (Å²) in [6.07, 6.45) is 14.9. The van der Waals surface area contributed by atoms with Gasteiger partial charge in [-0.1, -0.05) is 38.3 Å². The second kappa shape index (κ2) is 11.3. The average molecular weight is 391 g/mol. The van der Waals surface area contributed by atoms with Gasteiger partial charge in [0.1, 0.15) is 12.4 Å². The SMILES string of the molecule is CCCCCCc1ncncc1/C=C/[C@H]1OC(C)(C)O[C@H]1CCCC(=O)OC. The summed E-state index contributed by atoms with van der Waals surface area (Å²) in [5.74, 6) is -0.833. The summed E-state index contributed by atoms with van der Waals surface area (Å²) in [6, 6.07) is 0. The van der Waals surface area contributed by atoms with Crippen molar-refractivity contribution < 1.29 is 19.0 Å². The maximum atomic E-state index is 11.3. The Bertz CT molecular complexity index is 645. The minimum absolute atomic E-state index is 0.0893. The molecule has 1 aromatic heterocycles. The van der Waals surface area contributed by atoms with Crippen molar-refractivity contribution in [1.82, 2.24) is 9.97 Å². The van der Waals surface area contributed by atoms with Gasteiger partial charge in [0.25, 0.3) is 0 Å². The molecule has 2 atom stereocenters. The van der Waals surface area contributed by atoms with Crippen molar-refractivity contribution in [2.24, 2.45) is 0 Å². The van der Waals surface area contributed by atoms with Crippen LogP contribution >= 0.6 is 0 Å². The minimum atomic E-state index is -0.638. The lowest BCUT2D eigenvalue weighted by Gasteiger charge is -2.16. The molecule has 6 nitrogen and oxygen atoms in total. The molecule has 1 aliphatic heterocycles. The lowest BCUT2D eigenvalue weighted by molar-refractivity contribution is -0.144. The molecule has 28 heavy (non-hydrogen) atoms. The molecule has 1 aromatic rings. The zero-order valence-electron chi connectivity index (χ0n) is 17.6. The van der Waals surface area contributed by atoms with Crippen molar-refractivity contribution in [3.63, 3.8) is 0 Å². The molecule has 0 aromatic carbocycles. The summed E-state index contributed by atoms with van der Waals surface area (Å²) >= 11 is 0. The first-order valence-electron chi connectivity index (χ1n) is 10.3. The molecule has 0 radical (unpaired) electrons. The summed E-state index contributed by atoms with van der Waals surface area (Å²) in [7, 11) is 1.41. The predicted octanol–water partition coefficient (Wildman–Crippen LogP) is 4.48. The van der Waals surface area contributed by atoms with Gasteiger partial charge in [-0.15, -0.1) is 0 Å². The van der Waals surface area contributed by atoms with Gasteiger partial charge in [0.2, 0.25) is 0 Å². The summed E-state index contributed by atoms with van der Waals surface area (Å²) in [5.41, 5.74) is 2.10. The van der Waals surface area contributed by atoms with E-state index in [0.717, 1.165) is 30.5 Å². The van der Waals surface area contributed by atoms with Gasteiger partial charge >= 0.3 is 5.97 Å². The number of carbonyl (C=O) groups excluding carboxylic acids is 1. The van der Waals surface area contributed by atoms with Gasteiger partial charge in [-0.2, -0.15) is 0 Å². The number of ether oxygens (including phenoxy) is 3. The fourth-order valence-corrected chi connectivity index (χ4v) is 3.43. The van der Waals surface area contributed by atoms with Gasteiger partial charge < -0.3 is 14.2 Å². The summed E-state index contributed by atoms with van der Waals surface area (Å²) in [5, 5.41) is 0. The van der Waals surface area contributed by atoms with Crippen molar-refractivity contribution in [1.29, 1.82) is 0 Å². The third-order valence-corrected chi connectivity index (χ3v) is 4.88. The predicted molar refractivity (Wildman–Crippen MR) is 109 cm³/mol. The minimum Gasteiger partial charge on any atom is -0.469 e. The molecular weight excluding hydrogens is 356 g/mol. The van der Waals surface area contributed by atoms with Gasteiger partial charge in [0.05, 0.1) is 18.9 Å². The number of hydrogen-bond donors (Lipinski definition) is 0. The molecule has 0 amide bonds. The average Bonchev–Trinajstić information content (AvgIpc) is 2.97. The van der Waals surface area contributed by atoms with Crippen LogP contribution in [0.15, 0.2) is 18.6 Å². The highest BCUT2D eigenvalue weighted by atomic mass is 16.7. The molecule has 2 rings (SSSR count). The first kappa shape index (κ1) is 22.5. The summed E-state index contributed by atoms with van der Waals surface area (Å²) in [6.45, 7) is 6.05. The van der Waals surface area contributed by atoms with E-state index in [4.69, 9.17) is 14.2 Å². The normalized spacial score (nSPS) is 21.3. The molecule has 0 N–H and O–H groups in total. The van der Waals surface area contributed by atoms with Crippen LogP contribution in [0.1, 0.15) is 77.0 Å². The van der Waals surface area contributed by atoms with Crippen LogP contribution in [0.2, 0.25) is 0 Å². The van der Waals surface area contributed by atoms with Crippen LogP contribution < -0.4 is 0 Å². The molecule has 2 heterocycles. The van der Waals surface area contributed by atoms with E-state index in [1.807, 2.05) is 32.2 Å². The Kier molecular flexibility index (Phi) is 9.06. The second-order valence-corrected chi connectivity index (χ2v) is 7.70. The van der Waals surface area contributed by atoms with Crippen LogP contribution in [0.25, 0.3) is 6.08 Å². The summed E-state index contributed by atoms with van der Waals surface area (Å²) in [4.78, 5) is 20.0. The Morgan fingerprint density at radius 1 is 1.25 bits per heavy atom. The Morgan fingerprint density at radius 3 is 2.82 bits per heavy atom. The van der Waals surface area contributed by atoms with Crippen LogP contribution in [-0.2, 0) is 25.4 Å². The Morgan fingerprint density at radius 2 is 2.07 bits per heavy atom. The molecule has 1 saturated heterocycles. The second-order valence-electron chi connectivity index (χ2n) is 7.70. The third kappa shape index (κ3) is 7.32.